The largest absolute Gasteiger partial charge is 0.472 e. The highest BCUT2D eigenvalue weighted by molar-refractivity contribution is 6.11. The van der Waals surface area contributed by atoms with Crippen LogP contribution in [-0.4, -0.2) is 85.5 Å². The van der Waals surface area contributed by atoms with E-state index in [1.165, 1.54) is 18.6 Å². The second-order valence-electron chi connectivity index (χ2n) is 9.73. The monoisotopic (exact) mass is 545 g/mol. The Bertz CT molecular complexity index is 1320. The van der Waals surface area contributed by atoms with Gasteiger partial charge in [-0.15, -0.1) is 0 Å². The first-order valence-corrected chi connectivity index (χ1v) is 13.1. The van der Waals surface area contributed by atoms with E-state index in [9.17, 15) is 14.4 Å². The number of furan rings is 1. The van der Waals surface area contributed by atoms with Gasteiger partial charge < -0.3 is 19.2 Å². The molecule has 0 bridgehead atoms. The number of hydrogen-bond acceptors (Lipinski definition) is 9. The highest BCUT2D eigenvalue weighted by Gasteiger charge is 2.34. The number of benzene rings is 2. The Labute approximate surface area is 231 Å². The van der Waals surface area contributed by atoms with E-state index < -0.39 is 12.0 Å². The molecule has 208 valence electrons. The Morgan fingerprint density at radius 1 is 0.950 bits per heavy atom. The van der Waals surface area contributed by atoms with Crippen LogP contribution in [0.3, 0.4) is 0 Å². The van der Waals surface area contributed by atoms with Gasteiger partial charge >= 0.3 is 12.1 Å². The van der Waals surface area contributed by atoms with E-state index in [1.807, 2.05) is 30.3 Å². The summed E-state index contributed by atoms with van der Waals surface area (Å²) < 4.78 is 15.9. The maximum atomic E-state index is 12.6. The van der Waals surface area contributed by atoms with E-state index in [4.69, 9.17) is 19.3 Å². The topological polar surface area (TPSA) is 128 Å². The van der Waals surface area contributed by atoms with Gasteiger partial charge in [0.1, 0.15) is 24.8 Å². The van der Waals surface area contributed by atoms with Crippen molar-refractivity contribution in [2.45, 2.75) is 12.7 Å². The lowest BCUT2D eigenvalue weighted by Crippen LogP contribution is -2.50. The van der Waals surface area contributed by atoms with Gasteiger partial charge in [-0.25, -0.2) is 4.79 Å². The molecule has 0 saturated carbocycles. The molecule has 1 atom stereocenters. The molecule has 2 saturated heterocycles. The second kappa shape index (κ2) is 12.6. The molecule has 40 heavy (non-hydrogen) atoms. The summed E-state index contributed by atoms with van der Waals surface area (Å²) in [5.74, 6) is -0.722. The van der Waals surface area contributed by atoms with Crippen LogP contribution >= 0.6 is 0 Å². The highest BCUT2D eigenvalue weighted by Crippen LogP contribution is 2.23. The van der Waals surface area contributed by atoms with Crippen LogP contribution in [0.4, 0.5) is 10.5 Å². The van der Waals surface area contributed by atoms with Crippen molar-refractivity contribution in [3.05, 3.63) is 89.9 Å². The van der Waals surface area contributed by atoms with E-state index in [2.05, 4.69) is 15.1 Å². The van der Waals surface area contributed by atoms with E-state index in [1.54, 1.807) is 29.2 Å². The first-order chi connectivity index (χ1) is 19.4. The number of nitrogens with one attached hydrogen (secondary N) is 2. The van der Waals surface area contributed by atoms with Crippen LogP contribution in [0.2, 0.25) is 0 Å². The number of carbonyl (C=O) groups excluding carboxylic acids is 3. The molecule has 0 spiro atoms. The van der Waals surface area contributed by atoms with Crippen LogP contribution < -0.4 is 10.2 Å². The molecule has 2 aromatic carbocycles. The summed E-state index contributed by atoms with van der Waals surface area (Å²) in [6, 6.07) is 17.9. The SMILES string of the molecule is N=C(NC(=O)c1ccoc1)c1ccc(N2CC(CN3CCN(CC(=O)OCc4ccccc4)CC3)OC2=O)cc1. The minimum absolute atomic E-state index is 0.0526. The lowest BCUT2D eigenvalue weighted by atomic mass is 10.1. The van der Waals surface area contributed by atoms with Crippen LogP contribution in [0.1, 0.15) is 21.5 Å². The maximum Gasteiger partial charge on any atom is 0.414 e. The maximum absolute atomic E-state index is 12.6. The summed E-state index contributed by atoms with van der Waals surface area (Å²) in [5, 5.41) is 10.7. The Morgan fingerprint density at radius 3 is 2.38 bits per heavy atom. The van der Waals surface area contributed by atoms with Gasteiger partial charge in [-0.1, -0.05) is 30.3 Å². The Balaban J connectivity index is 1.04. The van der Waals surface area contributed by atoms with Crippen molar-refractivity contribution in [2.24, 2.45) is 0 Å². The second-order valence-corrected chi connectivity index (χ2v) is 9.73. The molecule has 1 aromatic heterocycles. The number of carbonyl (C=O) groups is 3. The fourth-order valence-electron chi connectivity index (χ4n) is 4.67. The van der Waals surface area contributed by atoms with Crippen molar-refractivity contribution in [1.29, 1.82) is 5.41 Å². The summed E-state index contributed by atoms with van der Waals surface area (Å²) in [7, 11) is 0. The van der Waals surface area contributed by atoms with Crippen molar-refractivity contribution < 1.29 is 28.3 Å². The minimum Gasteiger partial charge on any atom is -0.472 e. The Morgan fingerprint density at radius 2 is 1.68 bits per heavy atom. The molecule has 2 fully saturated rings. The first kappa shape index (κ1) is 27.1. The molecule has 0 aliphatic carbocycles. The fraction of sp³-hybridized carbons (Fsp3) is 0.310. The molecule has 3 heterocycles. The van der Waals surface area contributed by atoms with Gasteiger partial charge in [0.15, 0.2) is 0 Å². The summed E-state index contributed by atoms with van der Waals surface area (Å²) in [6.07, 6.45) is 2.01. The highest BCUT2D eigenvalue weighted by atomic mass is 16.6. The molecule has 0 radical (unpaired) electrons. The molecule has 11 nitrogen and oxygen atoms in total. The van der Waals surface area contributed by atoms with Crippen LogP contribution in [0.25, 0.3) is 0 Å². The zero-order valence-corrected chi connectivity index (χ0v) is 22.0. The summed E-state index contributed by atoms with van der Waals surface area (Å²) in [6.45, 7) is 4.55. The van der Waals surface area contributed by atoms with Gasteiger partial charge in [0.25, 0.3) is 5.91 Å². The van der Waals surface area contributed by atoms with E-state index in [0.29, 0.717) is 29.9 Å². The van der Waals surface area contributed by atoms with Crippen LogP contribution in [0.5, 0.6) is 0 Å². The van der Waals surface area contributed by atoms with Gasteiger partial charge in [0, 0.05) is 44.0 Å². The van der Waals surface area contributed by atoms with Crippen LogP contribution in [-0.2, 0) is 20.9 Å². The average Bonchev–Trinajstić information content (AvgIpc) is 3.64. The van der Waals surface area contributed by atoms with Gasteiger partial charge in [0.2, 0.25) is 0 Å². The molecule has 3 aromatic rings. The first-order valence-electron chi connectivity index (χ1n) is 13.1. The number of amides is 2. The Kier molecular flexibility index (Phi) is 8.53. The molecule has 2 amide bonds. The molecular weight excluding hydrogens is 514 g/mol. The van der Waals surface area contributed by atoms with Gasteiger partial charge in [-0.2, -0.15) is 0 Å². The normalized spacial score (nSPS) is 17.9. The van der Waals surface area contributed by atoms with Crippen molar-refractivity contribution in [2.75, 3.05) is 50.7 Å². The number of amidine groups is 1. The molecule has 2 aliphatic heterocycles. The lowest BCUT2D eigenvalue weighted by molar-refractivity contribution is -0.146. The number of hydrogen-bond donors (Lipinski definition) is 2. The average molecular weight is 546 g/mol. The summed E-state index contributed by atoms with van der Waals surface area (Å²) in [5.41, 5.74) is 2.46. The van der Waals surface area contributed by atoms with Gasteiger partial charge in [-0.3, -0.25) is 29.7 Å². The Hall–Kier alpha value is -4.48. The van der Waals surface area contributed by atoms with E-state index in [0.717, 1.165) is 31.7 Å². The minimum atomic E-state index is -0.433. The van der Waals surface area contributed by atoms with Crippen molar-refractivity contribution in [3.8, 4) is 0 Å². The van der Waals surface area contributed by atoms with Crippen molar-refractivity contribution in [3.63, 3.8) is 0 Å². The quantitative estimate of drug-likeness (QED) is 0.239. The van der Waals surface area contributed by atoms with Gasteiger partial charge in [-0.05, 0) is 35.9 Å². The summed E-state index contributed by atoms with van der Waals surface area (Å²) >= 11 is 0. The number of esters is 1. The zero-order valence-electron chi connectivity index (χ0n) is 22.0. The third kappa shape index (κ3) is 6.93. The number of piperazine rings is 1. The predicted octanol–water partition coefficient (Wildman–Crippen LogP) is 2.72. The molecule has 2 aliphatic rings. The number of rotatable bonds is 9. The molecule has 1 unspecified atom stereocenters. The van der Waals surface area contributed by atoms with Crippen LogP contribution in [0.15, 0.2) is 77.6 Å². The van der Waals surface area contributed by atoms with Gasteiger partial charge in [0.05, 0.1) is 24.9 Å². The van der Waals surface area contributed by atoms with E-state index in [-0.39, 0.29) is 31.1 Å². The smallest absolute Gasteiger partial charge is 0.414 e. The number of ether oxygens (including phenoxy) is 2. The fourth-order valence-corrected chi connectivity index (χ4v) is 4.67. The molecular formula is C29H31N5O6. The zero-order chi connectivity index (χ0) is 27.9. The summed E-state index contributed by atoms with van der Waals surface area (Å²) in [4.78, 5) is 42.8. The third-order valence-electron chi connectivity index (χ3n) is 6.89. The van der Waals surface area contributed by atoms with Crippen LogP contribution in [0, 0.1) is 5.41 Å². The molecule has 11 heteroatoms. The van der Waals surface area contributed by atoms with Crippen molar-refractivity contribution >= 4 is 29.5 Å². The van der Waals surface area contributed by atoms with Crippen molar-refractivity contribution in [1.82, 2.24) is 15.1 Å². The number of anilines is 1. The standard InChI is InChI=1S/C29H31N5O6/c30-27(31-28(36)23-10-15-38-20-23)22-6-8-24(9-7-22)34-17-25(40-29(34)37)16-32-11-13-33(14-12-32)18-26(35)39-19-21-4-2-1-3-5-21/h1-10,15,20,25H,11-14,16-19H2,(H2,30,31,36). The van der Waals surface area contributed by atoms with E-state index >= 15 is 0 Å². The number of cyclic esters (lactones) is 1. The number of nitrogens with zero attached hydrogens (tertiary/aromatic N) is 3. The predicted molar refractivity (Wildman–Crippen MR) is 146 cm³/mol. The molecule has 2 N–H and O–H groups in total. The third-order valence-corrected chi connectivity index (χ3v) is 6.89. The lowest BCUT2D eigenvalue weighted by Gasteiger charge is -2.34. The molecule has 5 rings (SSSR count).